The number of rotatable bonds is 3. The van der Waals surface area contributed by atoms with Crippen LogP contribution in [0.1, 0.15) is 0 Å². The molecule has 0 aliphatic rings. The molecule has 2 aromatic carbocycles. The van der Waals surface area contributed by atoms with Crippen molar-refractivity contribution in [2.45, 2.75) is 4.90 Å². The molecule has 0 bridgehead atoms. The van der Waals surface area contributed by atoms with E-state index in [1.54, 1.807) is 6.07 Å². The van der Waals surface area contributed by atoms with Crippen LogP contribution in [0.5, 0.6) is 0 Å². The molecule has 0 aliphatic carbocycles. The van der Waals surface area contributed by atoms with Crippen molar-refractivity contribution >= 4 is 53.3 Å². The summed E-state index contributed by atoms with van der Waals surface area (Å²) in [5.74, 6) is -0.561. The fourth-order valence-corrected chi connectivity index (χ4v) is 3.32. The summed E-state index contributed by atoms with van der Waals surface area (Å²) in [7, 11) is -3.87. The zero-order valence-electron chi connectivity index (χ0n) is 9.90. The number of hydrogen-bond donors (Lipinski definition) is 2. The second kappa shape index (κ2) is 5.71. The molecule has 0 heterocycles. The lowest BCUT2D eigenvalue weighted by molar-refractivity contribution is 0.601. The molecule has 0 aliphatic heterocycles. The van der Waals surface area contributed by atoms with Gasteiger partial charge < -0.3 is 5.73 Å². The van der Waals surface area contributed by atoms with E-state index < -0.39 is 15.8 Å². The van der Waals surface area contributed by atoms with Gasteiger partial charge in [0.25, 0.3) is 10.0 Å². The molecule has 0 unspecified atom stereocenters. The summed E-state index contributed by atoms with van der Waals surface area (Å²) in [5, 5.41) is 0. The Morgan fingerprint density at radius 2 is 1.80 bits per heavy atom. The maximum absolute atomic E-state index is 13.4. The van der Waals surface area contributed by atoms with Gasteiger partial charge in [0.1, 0.15) is 10.7 Å². The summed E-state index contributed by atoms with van der Waals surface area (Å²) in [6, 6.07) is 8.36. The first-order valence-electron chi connectivity index (χ1n) is 5.32. The fourth-order valence-electron chi connectivity index (χ4n) is 1.53. The van der Waals surface area contributed by atoms with Gasteiger partial charge in [-0.1, -0.05) is 15.9 Å². The monoisotopic (exact) mass is 422 g/mol. The number of nitrogens with two attached hydrogens (primary N) is 1. The van der Waals surface area contributed by atoms with Crippen LogP contribution < -0.4 is 10.5 Å². The smallest absolute Gasteiger partial charge is 0.263 e. The van der Waals surface area contributed by atoms with Crippen LogP contribution in [0, 0.1) is 5.82 Å². The van der Waals surface area contributed by atoms with Gasteiger partial charge >= 0.3 is 0 Å². The van der Waals surface area contributed by atoms with Crippen LogP contribution in [0.2, 0.25) is 0 Å². The van der Waals surface area contributed by atoms with Crippen molar-refractivity contribution in [1.29, 1.82) is 0 Å². The van der Waals surface area contributed by atoms with Crippen molar-refractivity contribution in [3.8, 4) is 0 Å². The predicted octanol–water partition coefficient (Wildman–Crippen LogP) is 3.73. The first-order chi connectivity index (χ1) is 9.29. The maximum atomic E-state index is 13.4. The summed E-state index contributed by atoms with van der Waals surface area (Å²) in [6.07, 6.45) is 0. The van der Waals surface area contributed by atoms with E-state index in [0.29, 0.717) is 4.47 Å². The highest BCUT2D eigenvalue weighted by atomic mass is 79.9. The molecule has 8 heteroatoms. The van der Waals surface area contributed by atoms with Gasteiger partial charge in [-0.25, -0.2) is 12.8 Å². The topological polar surface area (TPSA) is 72.2 Å². The Labute approximate surface area is 132 Å². The molecular formula is C12H9Br2FN2O2S. The van der Waals surface area contributed by atoms with Gasteiger partial charge in [0, 0.05) is 4.47 Å². The van der Waals surface area contributed by atoms with Crippen LogP contribution in [0.15, 0.2) is 50.2 Å². The Bertz CT molecular complexity index is 766. The van der Waals surface area contributed by atoms with E-state index in [9.17, 15) is 12.8 Å². The third-order valence-corrected chi connectivity index (χ3v) is 5.02. The van der Waals surface area contributed by atoms with Crippen LogP contribution in [0.4, 0.5) is 15.8 Å². The SMILES string of the molecule is Nc1cc(Br)ccc1S(=O)(=O)Nc1ccc(Br)c(F)c1. The van der Waals surface area contributed by atoms with Crippen LogP contribution in [0.3, 0.4) is 0 Å². The average Bonchev–Trinajstić information content (AvgIpc) is 2.33. The molecule has 0 aromatic heterocycles. The normalized spacial score (nSPS) is 11.3. The molecule has 0 spiro atoms. The van der Waals surface area contributed by atoms with Gasteiger partial charge in [-0.15, -0.1) is 0 Å². The van der Waals surface area contributed by atoms with Gasteiger partial charge in [-0.05, 0) is 52.3 Å². The van der Waals surface area contributed by atoms with E-state index in [2.05, 4.69) is 36.6 Å². The van der Waals surface area contributed by atoms with Crippen molar-refractivity contribution in [3.63, 3.8) is 0 Å². The van der Waals surface area contributed by atoms with Crippen LogP contribution in [-0.2, 0) is 10.0 Å². The molecule has 0 saturated carbocycles. The van der Waals surface area contributed by atoms with E-state index in [4.69, 9.17) is 5.73 Å². The van der Waals surface area contributed by atoms with Gasteiger partial charge in [-0.2, -0.15) is 0 Å². The molecule has 0 radical (unpaired) electrons. The van der Waals surface area contributed by atoms with Gasteiger partial charge in [0.05, 0.1) is 15.8 Å². The lowest BCUT2D eigenvalue weighted by Crippen LogP contribution is -2.14. The molecule has 4 nitrogen and oxygen atoms in total. The molecule has 0 fully saturated rings. The second-order valence-electron chi connectivity index (χ2n) is 3.92. The molecule has 0 atom stereocenters. The fraction of sp³-hybridized carbons (Fsp3) is 0. The highest BCUT2D eigenvalue weighted by Crippen LogP contribution is 2.26. The number of benzene rings is 2. The number of halogens is 3. The molecule has 20 heavy (non-hydrogen) atoms. The molecule has 0 amide bonds. The molecule has 3 N–H and O–H groups in total. The Morgan fingerprint density at radius 3 is 2.40 bits per heavy atom. The van der Waals surface area contributed by atoms with Crippen LogP contribution in [0.25, 0.3) is 0 Å². The minimum Gasteiger partial charge on any atom is -0.398 e. The summed E-state index contributed by atoms with van der Waals surface area (Å²) >= 11 is 6.19. The Morgan fingerprint density at radius 1 is 1.10 bits per heavy atom. The minimum atomic E-state index is -3.87. The second-order valence-corrected chi connectivity index (χ2v) is 7.34. The number of nitrogen functional groups attached to an aromatic ring is 1. The largest absolute Gasteiger partial charge is 0.398 e. The summed E-state index contributed by atoms with van der Waals surface area (Å²) < 4.78 is 41.0. The van der Waals surface area contributed by atoms with E-state index in [1.165, 1.54) is 24.3 Å². The van der Waals surface area contributed by atoms with E-state index in [0.717, 1.165) is 6.07 Å². The van der Waals surface area contributed by atoms with E-state index >= 15 is 0 Å². The van der Waals surface area contributed by atoms with Crippen molar-refractivity contribution in [1.82, 2.24) is 0 Å². The first kappa shape index (κ1) is 15.3. The third-order valence-electron chi connectivity index (χ3n) is 2.43. The quantitative estimate of drug-likeness (QED) is 0.738. The predicted molar refractivity (Wildman–Crippen MR) is 83.5 cm³/mol. The highest BCUT2D eigenvalue weighted by Gasteiger charge is 2.18. The van der Waals surface area contributed by atoms with Gasteiger partial charge in [-0.3, -0.25) is 4.72 Å². The maximum Gasteiger partial charge on any atom is 0.263 e. The molecule has 2 rings (SSSR count). The Kier molecular flexibility index (Phi) is 4.36. The average molecular weight is 424 g/mol. The number of hydrogen-bond acceptors (Lipinski definition) is 3. The standard InChI is InChI=1S/C12H9Br2FN2O2S/c13-7-1-4-12(11(16)5-7)20(18,19)17-8-2-3-9(14)10(15)6-8/h1-6,17H,16H2. The lowest BCUT2D eigenvalue weighted by atomic mass is 10.3. The molecule has 106 valence electrons. The zero-order valence-corrected chi connectivity index (χ0v) is 13.9. The zero-order chi connectivity index (χ0) is 14.9. The number of anilines is 2. The Hall–Kier alpha value is -1.12. The van der Waals surface area contributed by atoms with Crippen LogP contribution >= 0.6 is 31.9 Å². The van der Waals surface area contributed by atoms with Gasteiger partial charge in [0.15, 0.2) is 0 Å². The van der Waals surface area contributed by atoms with Crippen molar-refractivity contribution < 1.29 is 12.8 Å². The number of sulfonamides is 1. The van der Waals surface area contributed by atoms with Crippen molar-refractivity contribution in [2.24, 2.45) is 0 Å². The van der Waals surface area contributed by atoms with E-state index in [1.807, 2.05) is 0 Å². The summed E-state index contributed by atoms with van der Waals surface area (Å²) in [4.78, 5) is -0.0657. The summed E-state index contributed by atoms with van der Waals surface area (Å²) in [5.41, 5.74) is 5.90. The lowest BCUT2D eigenvalue weighted by Gasteiger charge is -2.10. The Balaban J connectivity index is 2.38. The number of nitrogens with one attached hydrogen (secondary N) is 1. The van der Waals surface area contributed by atoms with Crippen molar-refractivity contribution in [3.05, 3.63) is 51.2 Å². The summed E-state index contributed by atoms with van der Waals surface area (Å²) in [6.45, 7) is 0. The third kappa shape index (κ3) is 3.31. The van der Waals surface area contributed by atoms with E-state index in [-0.39, 0.29) is 20.7 Å². The highest BCUT2D eigenvalue weighted by molar-refractivity contribution is 9.10. The molecule has 0 saturated heterocycles. The van der Waals surface area contributed by atoms with Crippen molar-refractivity contribution in [2.75, 3.05) is 10.5 Å². The minimum absolute atomic E-state index is 0.0657. The first-order valence-corrected chi connectivity index (χ1v) is 8.39. The molecule has 2 aromatic rings. The molecular weight excluding hydrogens is 415 g/mol. The van der Waals surface area contributed by atoms with Gasteiger partial charge in [0.2, 0.25) is 0 Å². The van der Waals surface area contributed by atoms with Crippen LogP contribution in [-0.4, -0.2) is 8.42 Å².